The highest BCUT2D eigenvalue weighted by atomic mass is 16.5. The van der Waals surface area contributed by atoms with Gasteiger partial charge in [0, 0.05) is 18.8 Å². The Labute approximate surface area is 69.7 Å². The lowest BCUT2D eigenvalue weighted by atomic mass is 10.2. The van der Waals surface area contributed by atoms with Crippen LogP contribution in [0.3, 0.4) is 0 Å². The third-order valence-corrected chi connectivity index (χ3v) is 1.61. The van der Waals surface area contributed by atoms with Crippen molar-refractivity contribution in [3.05, 3.63) is 23.5 Å². The Morgan fingerprint density at radius 2 is 2.33 bits per heavy atom. The number of aryl methyl sites for hydroxylation is 1. The summed E-state index contributed by atoms with van der Waals surface area (Å²) in [6, 6.07) is 1.57. The Kier molecular flexibility index (Phi) is 2.28. The topological polar surface area (TPSA) is 48.3 Å². The number of esters is 1. The third-order valence-electron chi connectivity index (χ3n) is 1.61. The van der Waals surface area contributed by atoms with Crippen molar-refractivity contribution in [2.45, 2.75) is 0 Å². The van der Waals surface area contributed by atoms with E-state index in [2.05, 4.69) is 4.74 Å². The summed E-state index contributed by atoms with van der Waals surface area (Å²) in [5.41, 5.74) is 0.636. The number of aromatic nitrogens is 1. The van der Waals surface area contributed by atoms with E-state index in [1.807, 2.05) is 0 Å². The van der Waals surface area contributed by atoms with Gasteiger partial charge in [-0.2, -0.15) is 0 Å². The second-order valence-corrected chi connectivity index (χ2v) is 2.34. The highest BCUT2D eigenvalue weighted by Gasteiger charge is 2.14. The first kappa shape index (κ1) is 8.52. The summed E-state index contributed by atoms with van der Waals surface area (Å²) >= 11 is 0. The van der Waals surface area contributed by atoms with Crippen molar-refractivity contribution in [3.8, 4) is 0 Å². The predicted molar refractivity (Wildman–Crippen MR) is 42.1 cm³/mol. The number of nitrogens with zero attached hydrogens (tertiary/aromatic N) is 1. The van der Waals surface area contributed by atoms with E-state index >= 15 is 0 Å². The lowest BCUT2D eigenvalue weighted by Gasteiger charge is -2.00. The lowest BCUT2D eigenvalue weighted by molar-refractivity contribution is 0.0587. The first-order chi connectivity index (χ1) is 5.70. The molecule has 0 bridgehead atoms. The SMILES string of the molecule is COC(=O)c1c(C=O)ccn1C. The van der Waals surface area contributed by atoms with E-state index in [1.54, 1.807) is 23.9 Å². The number of methoxy groups -OCH3 is 1. The van der Waals surface area contributed by atoms with Gasteiger partial charge in [-0.3, -0.25) is 4.79 Å². The summed E-state index contributed by atoms with van der Waals surface area (Å²) in [5, 5.41) is 0. The molecule has 0 saturated carbocycles. The molecule has 1 heterocycles. The smallest absolute Gasteiger partial charge is 0.355 e. The van der Waals surface area contributed by atoms with Gasteiger partial charge in [0.2, 0.25) is 0 Å². The van der Waals surface area contributed by atoms with E-state index in [0.717, 1.165) is 0 Å². The first-order valence-corrected chi connectivity index (χ1v) is 3.39. The molecule has 4 heteroatoms. The van der Waals surface area contributed by atoms with Crippen molar-refractivity contribution < 1.29 is 14.3 Å². The van der Waals surface area contributed by atoms with Crippen LogP contribution < -0.4 is 0 Å². The second kappa shape index (κ2) is 3.21. The van der Waals surface area contributed by atoms with Gasteiger partial charge < -0.3 is 9.30 Å². The van der Waals surface area contributed by atoms with Crippen LogP contribution >= 0.6 is 0 Å². The van der Waals surface area contributed by atoms with E-state index in [0.29, 0.717) is 11.8 Å². The van der Waals surface area contributed by atoms with Gasteiger partial charge in [-0.15, -0.1) is 0 Å². The minimum absolute atomic E-state index is 0.285. The molecule has 0 aliphatic heterocycles. The zero-order valence-electron chi connectivity index (χ0n) is 6.90. The maximum Gasteiger partial charge on any atom is 0.355 e. The summed E-state index contributed by atoms with van der Waals surface area (Å²) in [7, 11) is 2.96. The van der Waals surface area contributed by atoms with Crippen LogP contribution in [0.5, 0.6) is 0 Å². The molecule has 1 rings (SSSR count). The molecular weight excluding hydrogens is 158 g/mol. The van der Waals surface area contributed by atoms with E-state index in [-0.39, 0.29) is 5.69 Å². The summed E-state index contributed by atoms with van der Waals surface area (Å²) in [6.45, 7) is 0. The molecule has 1 aromatic rings. The molecule has 12 heavy (non-hydrogen) atoms. The van der Waals surface area contributed by atoms with Crippen LogP contribution in [0.25, 0.3) is 0 Å². The number of carbonyl (C=O) groups is 2. The summed E-state index contributed by atoms with van der Waals surface area (Å²) in [6.07, 6.45) is 2.27. The highest BCUT2D eigenvalue weighted by molar-refractivity contribution is 5.96. The molecule has 1 aromatic heterocycles. The number of hydrogen-bond acceptors (Lipinski definition) is 3. The van der Waals surface area contributed by atoms with E-state index in [4.69, 9.17) is 0 Å². The zero-order chi connectivity index (χ0) is 9.14. The van der Waals surface area contributed by atoms with Crippen molar-refractivity contribution in [1.29, 1.82) is 0 Å². The van der Waals surface area contributed by atoms with Crippen LogP contribution in [-0.4, -0.2) is 23.9 Å². The van der Waals surface area contributed by atoms with Gasteiger partial charge >= 0.3 is 5.97 Å². The van der Waals surface area contributed by atoms with Gasteiger partial charge in [0.15, 0.2) is 6.29 Å². The monoisotopic (exact) mass is 167 g/mol. The van der Waals surface area contributed by atoms with Crippen molar-refractivity contribution in [2.24, 2.45) is 7.05 Å². The van der Waals surface area contributed by atoms with E-state index < -0.39 is 5.97 Å². The van der Waals surface area contributed by atoms with E-state index in [9.17, 15) is 9.59 Å². The average molecular weight is 167 g/mol. The molecule has 0 aromatic carbocycles. The molecule has 0 N–H and O–H groups in total. The molecular formula is C8H9NO3. The van der Waals surface area contributed by atoms with Crippen LogP contribution in [0.1, 0.15) is 20.8 Å². The fourth-order valence-corrected chi connectivity index (χ4v) is 1.00. The Balaban J connectivity index is 3.18. The molecule has 64 valence electrons. The van der Waals surface area contributed by atoms with Gasteiger partial charge in [0.1, 0.15) is 5.69 Å². The quantitative estimate of drug-likeness (QED) is 0.479. The van der Waals surface area contributed by atoms with Crippen molar-refractivity contribution >= 4 is 12.3 Å². The predicted octanol–water partition coefficient (Wildman–Crippen LogP) is 0.624. The molecule has 0 unspecified atom stereocenters. The third kappa shape index (κ3) is 1.23. The standard InChI is InChI=1S/C8H9NO3/c1-9-4-3-6(5-10)7(9)8(11)12-2/h3-5H,1-2H3. The largest absolute Gasteiger partial charge is 0.464 e. The molecule has 0 fully saturated rings. The fourth-order valence-electron chi connectivity index (χ4n) is 1.00. The normalized spacial score (nSPS) is 9.50. The van der Waals surface area contributed by atoms with Gasteiger partial charge in [0.05, 0.1) is 7.11 Å². The van der Waals surface area contributed by atoms with Crippen LogP contribution in [-0.2, 0) is 11.8 Å². The van der Waals surface area contributed by atoms with E-state index in [1.165, 1.54) is 7.11 Å². The number of hydrogen-bond donors (Lipinski definition) is 0. The van der Waals surface area contributed by atoms with Crippen molar-refractivity contribution in [1.82, 2.24) is 4.57 Å². The van der Waals surface area contributed by atoms with Crippen LogP contribution in [0.4, 0.5) is 0 Å². The molecule has 0 radical (unpaired) electrons. The maximum absolute atomic E-state index is 11.1. The van der Waals surface area contributed by atoms with Crippen LogP contribution in [0.2, 0.25) is 0 Å². The first-order valence-electron chi connectivity index (χ1n) is 3.39. The second-order valence-electron chi connectivity index (χ2n) is 2.34. The Morgan fingerprint density at radius 1 is 1.67 bits per heavy atom. The summed E-state index contributed by atoms with van der Waals surface area (Å²) in [5.74, 6) is -0.496. The van der Waals surface area contributed by atoms with Gasteiger partial charge in [-0.25, -0.2) is 4.79 Å². The Morgan fingerprint density at radius 3 is 2.83 bits per heavy atom. The number of rotatable bonds is 2. The number of carbonyl (C=O) groups excluding carboxylic acids is 2. The maximum atomic E-state index is 11.1. The highest BCUT2D eigenvalue weighted by Crippen LogP contribution is 2.08. The number of aldehydes is 1. The van der Waals surface area contributed by atoms with Gasteiger partial charge in [-0.05, 0) is 6.07 Å². The minimum Gasteiger partial charge on any atom is -0.464 e. The van der Waals surface area contributed by atoms with Gasteiger partial charge in [-0.1, -0.05) is 0 Å². The zero-order valence-corrected chi connectivity index (χ0v) is 6.90. The summed E-state index contributed by atoms with van der Waals surface area (Å²) < 4.78 is 6.05. The molecule has 0 aliphatic carbocycles. The molecule has 0 atom stereocenters. The average Bonchev–Trinajstić information content (AvgIpc) is 2.45. The minimum atomic E-state index is -0.496. The van der Waals surface area contributed by atoms with Crippen LogP contribution in [0.15, 0.2) is 12.3 Å². The lowest BCUT2D eigenvalue weighted by Crippen LogP contribution is -2.09. The van der Waals surface area contributed by atoms with Crippen molar-refractivity contribution in [2.75, 3.05) is 7.11 Å². The molecule has 0 saturated heterocycles. The fraction of sp³-hybridized carbons (Fsp3) is 0.250. The molecule has 0 aliphatic rings. The Hall–Kier alpha value is -1.58. The molecule has 0 spiro atoms. The Bertz CT molecular complexity index is 314. The van der Waals surface area contributed by atoms with Crippen LogP contribution in [0, 0.1) is 0 Å². The molecule has 4 nitrogen and oxygen atoms in total. The van der Waals surface area contributed by atoms with Crippen molar-refractivity contribution in [3.63, 3.8) is 0 Å². The summed E-state index contributed by atoms with van der Waals surface area (Å²) in [4.78, 5) is 21.5. The number of ether oxygens (including phenoxy) is 1. The molecule has 0 amide bonds. The van der Waals surface area contributed by atoms with Gasteiger partial charge in [0.25, 0.3) is 0 Å².